The van der Waals surface area contributed by atoms with Gasteiger partial charge in [0.15, 0.2) is 0 Å². The van der Waals surface area contributed by atoms with Crippen molar-refractivity contribution in [1.82, 2.24) is 4.90 Å². The number of likely N-dealkylation sites (tertiary alicyclic amines) is 1. The van der Waals surface area contributed by atoms with Crippen LogP contribution in [0.5, 0.6) is 5.75 Å². The lowest BCUT2D eigenvalue weighted by molar-refractivity contribution is -0.139. The van der Waals surface area contributed by atoms with Crippen molar-refractivity contribution < 1.29 is 19.4 Å². The van der Waals surface area contributed by atoms with Crippen LogP contribution in [0, 0.1) is 0 Å². The summed E-state index contributed by atoms with van der Waals surface area (Å²) in [5.41, 5.74) is 2.42. The van der Waals surface area contributed by atoms with E-state index in [9.17, 15) is 14.7 Å². The zero-order valence-electron chi connectivity index (χ0n) is 19.3. The molecule has 0 aromatic heterocycles. The maximum atomic E-state index is 13.2. The van der Waals surface area contributed by atoms with E-state index in [2.05, 4.69) is 6.92 Å². The first-order valence-corrected chi connectivity index (χ1v) is 11.7. The lowest BCUT2D eigenvalue weighted by Crippen LogP contribution is -2.31. The summed E-state index contributed by atoms with van der Waals surface area (Å²) in [7, 11) is 0. The standard InChI is InChI=1S/C29H29NO4/c1-2-3-19-34-24-16-10-15-23(20-24)26-25(27(31)22-13-8-5-9-14-22)28(32)29(33)30(26)18-17-21-11-6-4-7-12-21/h4-16,20,26,31H,2-3,17-19H2,1H3. The van der Waals surface area contributed by atoms with Crippen LogP contribution in [0.1, 0.15) is 42.5 Å². The number of unbranched alkanes of at least 4 members (excludes halogenated alkanes) is 1. The number of amides is 1. The minimum absolute atomic E-state index is 0.106. The molecule has 5 heteroatoms. The highest BCUT2D eigenvalue weighted by atomic mass is 16.5. The quantitative estimate of drug-likeness (QED) is 0.199. The van der Waals surface area contributed by atoms with Gasteiger partial charge >= 0.3 is 0 Å². The van der Waals surface area contributed by atoms with Crippen molar-refractivity contribution in [2.24, 2.45) is 0 Å². The molecule has 0 spiro atoms. The molecule has 1 saturated heterocycles. The van der Waals surface area contributed by atoms with Gasteiger partial charge in [-0.05, 0) is 36.1 Å². The lowest BCUT2D eigenvalue weighted by atomic mass is 9.95. The van der Waals surface area contributed by atoms with Gasteiger partial charge < -0.3 is 14.7 Å². The number of rotatable bonds is 9. The fourth-order valence-electron chi connectivity index (χ4n) is 4.21. The third kappa shape index (κ3) is 5.04. The van der Waals surface area contributed by atoms with Crippen LogP contribution in [-0.4, -0.2) is 34.8 Å². The first-order valence-electron chi connectivity index (χ1n) is 11.7. The van der Waals surface area contributed by atoms with Crippen LogP contribution >= 0.6 is 0 Å². The highest BCUT2D eigenvalue weighted by Crippen LogP contribution is 2.40. The van der Waals surface area contributed by atoms with Gasteiger partial charge in [0, 0.05) is 12.1 Å². The maximum absolute atomic E-state index is 13.2. The van der Waals surface area contributed by atoms with E-state index in [0.717, 1.165) is 24.0 Å². The van der Waals surface area contributed by atoms with Crippen LogP contribution in [0.2, 0.25) is 0 Å². The Morgan fingerprint density at radius 3 is 2.35 bits per heavy atom. The molecular weight excluding hydrogens is 426 g/mol. The van der Waals surface area contributed by atoms with Gasteiger partial charge in [-0.15, -0.1) is 0 Å². The third-order valence-corrected chi connectivity index (χ3v) is 6.01. The van der Waals surface area contributed by atoms with E-state index >= 15 is 0 Å². The summed E-state index contributed by atoms with van der Waals surface area (Å²) in [6.45, 7) is 3.05. The maximum Gasteiger partial charge on any atom is 0.295 e. The van der Waals surface area contributed by atoms with E-state index < -0.39 is 17.7 Å². The van der Waals surface area contributed by atoms with Crippen molar-refractivity contribution >= 4 is 17.4 Å². The Bertz CT molecular complexity index is 1170. The van der Waals surface area contributed by atoms with Gasteiger partial charge in [0.1, 0.15) is 11.5 Å². The van der Waals surface area contributed by atoms with Gasteiger partial charge in [-0.1, -0.05) is 86.1 Å². The summed E-state index contributed by atoms with van der Waals surface area (Å²) in [5.74, 6) is -0.754. The molecule has 4 rings (SSSR count). The molecule has 0 aliphatic carbocycles. The van der Waals surface area contributed by atoms with Crippen molar-refractivity contribution in [1.29, 1.82) is 0 Å². The molecule has 1 fully saturated rings. The monoisotopic (exact) mass is 455 g/mol. The fourth-order valence-corrected chi connectivity index (χ4v) is 4.21. The number of benzene rings is 3. The average molecular weight is 456 g/mol. The van der Waals surface area contributed by atoms with Crippen LogP contribution < -0.4 is 4.74 Å². The Hall–Kier alpha value is -3.86. The molecule has 1 unspecified atom stereocenters. The van der Waals surface area contributed by atoms with E-state index in [0.29, 0.717) is 30.9 Å². The Morgan fingerprint density at radius 2 is 1.65 bits per heavy atom. The van der Waals surface area contributed by atoms with Crippen molar-refractivity contribution in [3.05, 3.63) is 107 Å². The second kappa shape index (κ2) is 10.8. The molecular formula is C29H29NO4. The van der Waals surface area contributed by atoms with E-state index in [4.69, 9.17) is 4.74 Å². The molecule has 0 bridgehead atoms. The molecule has 1 amide bonds. The highest BCUT2D eigenvalue weighted by Gasteiger charge is 2.45. The number of Topliss-reactive ketones (excluding diaryl/α,β-unsaturated/α-hetero) is 1. The second-order valence-corrected chi connectivity index (χ2v) is 8.37. The third-order valence-electron chi connectivity index (χ3n) is 6.01. The molecule has 1 heterocycles. The van der Waals surface area contributed by atoms with Crippen LogP contribution in [0.25, 0.3) is 5.76 Å². The van der Waals surface area contributed by atoms with Gasteiger partial charge in [0.2, 0.25) is 0 Å². The van der Waals surface area contributed by atoms with E-state index in [1.165, 1.54) is 0 Å². The molecule has 0 radical (unpaired) electrons. The Kier molecular flexibility index (Phi) is 7.43. The second-order valence-electron chi connectivity index (χ2n) is 8.37. The minimum atomic E-state index is -0.696. The molecule has 174 valence electrons. The van der Waals surface area contributed by atoms with Gasteiger partial charge in [0.05, 0.1) is 18.2 Å². The Morgan fingerprint density at radius 1 is 0.941 bits per heavy atom. The smallest absolute Gasteiger partial charge is 0.295 e. The average Bonchev–Trinajstić information content (AvgIpc) is 3.13. The number of aliphatic hydroxyl groups is 1. The molecule has 1 aliphatic rings. The van der Waals surface area contributed by atoms with Gasteiger partial charge in [0.25, 0.3) is 11.7 Å². The molecule has 5 nitrogen and oxygen atoms in total. The van der Waals surface area contributed by atoms with E-state index in [-0.39, 0.29) is 11.3 Å². The van der Waals surface area contributed by atoms with E-state index in [1.807, 2.05) is 60.7 Å². The van der Waals surface area contributed by atoms with Crippen molar-refractivity contribution in [3.63, 3.8) is 0 Å². The predicted octanol–water partition coefficient (Wildman–Crippen LogP) is 5.53. The van der Waals surface area contributed by atoms with Crippen molar-refractivity contribution in [2.75, 3.05) is 13.2 Å². The van der Waals surface area contributed by atoms with Gasteiger partial charge in [-0.25, -0.2) is 0 Å². The zero-order chi connectivity index (χ0) is 23.9. The lowest BCUT2D eigenvalue weighted by Gasteiger charge is -2.26. The molecule has 1 aliphatic heterocycles. The van der Waals surface area contributed by atoms with Crippen LogP contribution in [0.15, 0.2) is 90.5 Å². The summed E-state index contributed by atoms with van der Waals surface area (Å²) < 4.78 is 5.88. The Balaban J connectivity index is 1.74. The number of ketones is 1. The molecule has 34 heavy (non-hydrogen) atoms. The minimum Gasteiger partial charge on any atom is -0.507 e. The number of hydrogen-bond acceptors (Lipinski definition) is 4. The SMILES string of the molecule is CCCCOc1cccc(C2C(=C(O)c3ccccc3)C(=O)C(=O)N2CCc2ccccc2)c1. The van der Waals surface area contributed by atoms with Crippen LogP contribution in [0.3, 0.4) is 0 Å². The Labute approximate surface area is 200 Å². The largest absolute Gasteiger partial charge is 0.507 e. The summed E-state index contributed by atoms with van der Waals surface area (Å²) >= 11 is 0. The zero-order valence-corrected chi connectivity index (χ0v) is 19.3. The molecule has 1 N–H and O–H groups in total. The molecule has 3 aromatic rings. The van der Waals surface area contributed by atoms with Gasteiger partial charge in [-0.2, -0.15) is 0 Å². The summed E-state index contributed by atoms with van der Waals surface area (Å²) in [6, 6.07) is 25.5. The fraction of sp³-hybridized carbons (Fsp3) is 0.241. The number of carbonyl (C=O) groups is 2. The summed E-state index contributed by atoms with van der Waals surface area (Å²) in [5, 5.41) is 11.1. The predicted molar refractivity (Wildman–Crippen MR) is 132 cm³/mol. The summed E-state index contributed by atoms with van der Waals surface area (Å²) in [4.78, 5) is 27.9. The van der Waals surface area contributed by atoms with E-state index in [1.54, 1.807) is 29.2 Å². The van der Waals surface area contributed by atoms with Crippen LogP contribution in [-0.2, 0) is 16.0 Å². The first-order chi connectivity index (χ1) is 16.6. The number of aliphatic hydroxyl groups excluding tert-OH is 1. The molecule has 1 atom stereocenters. The number of hydrogen-bond donors (Lipinski definition) is 1. The van der Waals surface area contributed by atoms with Gasteiger partial charge in [-0.3, -0.25) is 9.59 Å². The van der Waals surface area contributed by atoms with Crippen molar-refractivity contribution in [3.8, 4) is 5.75 Å². The topological polar surface area (TPSA) is 66.8 Å². The number of nitrogens with zero attached hydrogens (tertiary/aromatic N) is 1. The first kappa shape index (κ1) is 23.3. The number of carbonyl (C=O) groups excluding carboxylic acids is 2. The number of ether oxygens (including phenoxy) is 1. The summed E-state index contributed by atoms with van der Waals surface area (Å²) in [6.07, 6.45) is 2.56. The molecule has 3 aromatic carbocycles. The highest BCUT2D eigenvalue weighted by molar-refractivity contribution is 6.46. The van der Waals surface area contributed by atoms with Crippen LogP contribution in [0.4, 0.5) is 0 Å². The normalized spacial score (nSPS) is 17.2. The van der Waals surface area contributed by atoms with Crippen molar-refractivity contribution in [2.45, 2.75) is 32.2 Å². The molecule has 0 saturated carbocycles.